The van der Waals surface area contributed by atoms with E-state index in [0.29, 0.717) is 22.8 Å². The van der Waals surface area contributed by atoms with E-state index in [0.717, 1.165) is 16.6 Å². The van der Waals surface area contributed by atoms with Gasteiger partial charge in [0.15, 0.2) is 5.65 Å². The first kappa shape index (κ1) is 17.3. The van der Waals surface area contributed by atoms with Crippen molar-refractivity contribution in [2.45, 2.75) is 4.90 Å². The number of aromatic amines is 1. The fourth-order valence-corrected chi connectivity index (χ4v) is 3.51. The van der Waals surface area contributed by atoms with Crippen LogP contribution in [-0.4, -0.2) is 38.1 Å². The molecule has 144 valence electrons. The molecule has 0 unspecified atom stereocenters. The number of fused-ring (bicyclic) bond motifs is 2. The van der Waals surface area contributed by atoms with Crippen LogP contribution in [0.3, 0.4) is 0 Å². The van der Waals surface area contributed by atoms with E-state index in [1.807, 2.05) is 22.8 Å². The number of H-pyrrole nitrogens is 1. The van der Waals surface area contributed by atoms with Crippen molar-refractivity contribution in [1.82, 2.24) is 29.7 Å². The second-order valence-corrected chi connectivity index (χ2v) is 7.91. The molecule has 2 aromatic carbocycles. The molecule has 0 fully saturated rings. The third-order valence-electron chi connectivity index (χ3n) is 4.43. The fraction of sp³-hybridized carbons (Fsp3) is 0. The van der Waals surface area contributed by atoms with Gasteiger partial charge in [0.25, 0.3) is 0 Å². The van der Waals surface area contributed by atoms with Crippen LogP contribution in [0.25, 0.3) is 27.8 Å². The van der Waals surface area contributed by atoms with Gasteiger partial charge in [-0.15, -0.1) is 0 Å². The number of aromatic nitrogens is 6. The number of anilines is 2. The highest BCUT2D eigenvalue weighted by Gasteiger charge is 2.11. The summed E-state index contributed by atoms with van der Waals surface area (Å²) in [4.78, 5) is 13.2. The summed E-state index contributed by atoms with van der Waals surface area (Å²) in [5.74, 6) is 0.352. The van der Waals surface area contributed by atoms with Crippen molar-refractivity contribution < 1.29 is 8.42 Å². The second-order valence-electron chi connectivity index (χ2n) is 6.35. The van der Waals surface area contributed by atoms with Crippen LogP contribution in [0.4, 0.5) is 11.6 Å². The van der Waals surface area contributed by atoms with Gasteiger partial charge in [-0.3, -0.25) is 9.67 Å². The van der Waals surface area contributed by atoms with Gasteiger partial charge in [-0.2, -0.15) is 10.1 Å². The standard InChI is InChI=1S/C18H14N8O2S/c19-29(27,28)14-5-2-12(3-6-14)23-18-20-9-16-17(24-18)26(10-21-16)13-4-1-11-8-22-25-15(11)7-13/h1-10H,(H,22,25)(H2,19,27,28)(H,20,23,24). The van der Waals surface area contributed by atoms with E-state index in [4.69, 9.17) is 5.14 Å². The van der Waals surface area contributed by atoms with Crippen molar-refractivity contribution in [2.75, 3.05) is 5.32 Å². The molecular formula is C18H14N8O2S. The predicted molar refractivity (Wildman–Crippen MR) is 107 cm³/mol. The molecule has 0 spiro atoms. The first-order chi connectivity index (χ1) is 14.0. The van der Waals surface area contributed by atoms with Crippen LogP contribution >= 0.6 is 0 Å². The molecule has 0 amide bonds. The summed E-state index contributed by atoms with van der Waals surface area (Å²) in [5, 5.41) is 16.2. The smallest absolute Gasteiger partial charge is 0.238 e. The van der Waals surface area contributed by atoms with Crippen LogP contribution in [0, 0.1) is 0 Å². The molecule has 4 N–H and O–H groups in total. The van der Waals surface area contributed by atoms with Crippen LogP contribution in [0.5, 0.6) is 0 Å². The molecule has 0 atom stereocenters. The second kappa shape index (κ2) is 6.36. The minimum Gasteiger partial charge on any atom is -0.324 e. The Bertz CT molecular complexity index is 1450. The van der Waals surface area contributed by atoms with Crippen LogP contribution < -0.4 is 10.5 Å². The molecule has 5 rings (SSSR count). The Kier molecular flexibility index (Phi) is 3.79. The number of hydrogen-bond acceptors (Lipinski definition) is 7. The summed E-state index contributed by atoms with van der Waals surface area (Å²) in [6.45, 7) is 0. The van der Waals surface area contributed by atoms with E-state index < -0.39 is 10.0 Å². The van der Waals surface area contributed by atoms with E-state index >= 15 is 0 Å². The summed E-state index contributed by atoms with van der Waals surface area (Å²) in [7, 11) is -3.74. The van der Waals surface area contributed by atoms with Crippen molar-refractivity contribution in [3.05, 3.63) is 61.2 Å². The number of nitrogens with one attached hydrogen (secondary N) is 2. The average Bonchev–Trinajstić information content (AvgIpc) is 3.33. The molecule has 0 bridgehead atoms. The van der Waals surface area contributed by atoms with Crippen LogP contribution in [0.15, 0.2) is 66.1 Å². The Morgan fingerprint density at radius 3 is 2.66 bits per heavy atom. The Morgan fingerprint density at radius 1 is 1.03 bits per heavy atom. The fourth-order valence-electron chi connectivity index (χ4n) is 2.99. The lowest BCUT2D eigenvalue weighted by atomic mass is 10.2. The summed E-state index contributed by atoms with van der Waals surface area (Å²) in [6.07, 6.45) is 5.06. The first-order valence-electron chi connectivity index (χ1n) is 8.51. The third kappa shape index (κ3) is 3.17. The largest absolute Gasteiger partial charge is 0.324 e. The highest BCUT2D eigenvalue weighted by molar-refractivity contribution is 7.89. The highest BCUT2D eigenvalue weighted by atomic mass is 32.2. The van der Waals surface area contributed by atoms with Crippen LogP contribution in [0.1, 0.15) is 0 Å². The van der Waals surface area contributed by atoms with Crippen molar-refractivity contribution in [3.8, 4) is 5.69 Å². The third-order valence-corrected chi connectivity index (χ3v) is 5.36. The number of rotatable bonds is 4. The number of imidazole rings is 1. The first-order valence-corrected chi connectivity index (χ1v) is 10.1. The number of sulfonamides is 1. The van der Waals surface area contributed by atoms with Gasteiger partial charge in [0.05, 0.1) is 28.5 Å². The summed E-state index contributed by atoms with van der Waals surface area (Å²) in [5.41, 5.74) is 3.69. The van der Waals surface area contributed by atoms with E-state index in [1.165, 1.54) is 12.1 Å². The normalized spacial score (nSPS) is 11.9. The molecule has 3 aromatic heterocycles. The van der Waals surface area contributed by atoms with Gasteiger partial charge >= 0.3 is 0 Å². The van der Waals surface area contributed by atoms with Crippen LogP contribution in [0.2, 0.25) is 0 Å². The lowest BCUT2D eigenvalue weighted by Crippen LogP contribution is -2.11. The number of hydrogen-bond donors (Lipinski definition) is 3. The quantitative estimate of drug-likeness (QED) is 0.414. The zero-order valence-electron chi connectivity index (χ0n) is 14.8. The Labute approximate surface area is 164 Å². The summed E-state index contributed by atoms with van der Waals surface area (Å²) in [6, 6.07) is 11.9. The van der Waals surface area contributed by atoms with Crippen molar-refractivity contribution in [1.29, 1.82) is 0 Å². The molecule has 0 aliphatic rings. The minimum atomic E-state index is -3.74. The lowest BCUT2D eigenvalue weighted by molar-refractivity contribution is 0.598. The Hall–Kier alpha value is -3.83. The number of benzene rings is 2. The van der Waals surface area contributed by atoms with Crippen molar-refractivity contribution >= 4 is 43.7 Å². The molecule has 10 nitrogen and oxygen atoms in total. The molecular weight excluding hydrogens is 392 g/mol. The number of nitrogens with two attached hydrogens (primary N) is 1. The van der Waals surface area contributed by atoms with E-state index in [-0.39, 0.29) is 4.90 Å². The maximum Gasteiger partial charge on any atom is 0.238 e. The van der Waals surface area contributed by atoms with Gasteiger partial charge in [0.1, 0.15) is 11.8 Å². The number of nitrogens with zero attached hydrogens (tertiary/aromatic N) is 5. The molecule has 0 aliphatic heterocycles. The van der Waals surface area contributed by atoms with Gasteiger partial charge in [-0.25, -0.2) is 23.5 Å². The summed E-state index contributed by atoms with van der Waals surface area (Å²) >= 11 is 0. The SMILES string of the molecule is NS(=O)(=O)c1ccc(Nc2ncc3ncn(-c4ccc5cn[nH]c5c4)c3n2)cc1. The molecule has 5 aromatic rings. The molecule has 11 heteroatoms. The molecule has 0 saturated carbocycles. The van der Waals surface area contributed by atoms with Gasteiger partial charge in [-0.1, -0.05) is 0 Å². The molecule has 3 heterocycles. The van der Waals surface area contributed by atoms with Gasteiger partial charge in [0, 0.05) is 11.1 Å². The predicted octanol–water partition coefficient (Wildman–Crippen LogP) is 2.08. The topological polar surface area (TPSA) is 144 Å². The Balaban J connectivity index is 1.50. The van der Waals surface area contributed by atoms with E-state index in [2.05, 4.69) is 30.5 Å². The molecule has 0 aliphatic carbocycles. The summed E-state index contributed by atoms with van der Waals surface area (Å²) < 4.78 is 24.6. The monoisotopic (exact) mass is 406 g/mol. The molecule has 0 saturated heterocycles. The highest BCUT2D eigenvalue weighted by Crippen LogP contribution is 2.22. The zero-order valence-corrected chi connectivity index (χ0v) is 15.6. The van der Waals surface area contributed by atoms with Crippen molar-refractivity contribution in [3.63, 3.8) is 0 Å². The lowest BCUT2D eigenvalue weighted by Gasteiger charge is -2.07. The van der Waals surface area contributed by atoms with Gasteiger partial charge in [-0.05, 0) is 42.5 Å². The maximum absolute atomic E-state index is 11.4. The number of primary sulfonamides is 1. The van der Waals surface area contributed by atoms with Crippen molar-refractivity contribution in [2.24, 2.45) is 5.14 Å². The maximum atomic E-state index is 11.4. The minimum absolute atomic E-state index is 0.0340. The van der Waals surface area contributed by atoms with Gasteiger partial charge in [0.2, 0.25) is 16.0 Å². The molecule has 29 heavy (non-hydrogen) atoms. The van der Waals surface area contributed by atoms with Gasteiger partial charge < -0.3 is 5.32 Å². The average molecular weight is 406 g/mol. The Morgan fingerprint density at radius 2 is 1.86 bits per heavy atom. The van der Waals surface area contributed by atoms with Crippen LogP contribution in [-0.2, 0) is 10.0 Å². The van der Waals surface area contributed by atoms with E-state index in [9.17, 15) is 8.42 Å². The molecule has 0 radical (unpaired) electrons. The van der Waals surface area contributed by atoms with E-state index in [1.54, 1.807) is 30.9 Å². The zero-order chi connectivity index (χ0) is 20.0.